The molecule has 8 heteroatoms. The summed E-state index contributed by atoms with van der Waals surface area (Å²) < 4.78 is 31.3. The molecule has 0 bridgehead atoms. The van der Waals surface area contributed by atoms with Gasteiger partial charge in [-0.2, -0.15) is 0 Å². The minimum absolute atomic E-state index is 0.0703. The highest BCUT2D eigenvalue weighted by Gasteiger charge is 2.43. The van der Waals surface area contributed by atoms with Crippen LogP contribution < -0.4 is 11.1 Å². The molecule has 2 aromatic rings. The zero-order valence-corrected chi connectivity index (χ0v) is 20.2. The molecule has 0 amide bonds. The van der Waals surface area contributed by atoms with Gasteiger partial charge in [-0.15, -0.1) is 0 Å². The maximum atomic E-state index is 13.3. The second-order valence-electron chi connectivity index (χ2n) is 9.32. The number of hydrogen-bond donors (Lipinski definition) is 2. The maximum absolute atomic E-state index is 13.3. The highest BCUT2D eigenvalue weighted by Crippen LogP contribution is 2.46. The molecular weight excluding hydrogens is 452 g/mol. The first kappa shape index (κ1) is 23.8. The van der Waals surface area contributed by atoms with Crippen molar-refractivity contribution in [2.45, 2.75) is 49.3 Å². The molecule has 1 aliphatic carbocycles. The smallest absolute Gasteiger partial charge is 0.338 e. The normalized spacial score (nSPS) is 20.0. The number of sulfone groups is 1. The van der Waals surface area contributed by atoms with Gasteiger partial charge in [0.2, 0.25) is 9.84 Å². The van der Waals surface area contributed by atoms with E-state index in [2.05, 4.69) is 5.32 Å². The zero-order valence-electron chi connectivity index (χ0n) is 19.4. The van der Waals surface area contributed by atoms with E-state index in [4.69, 9.17) is 10.5 Å². The predicted molar refractivity (Wildman–Crippen MR) is 127 cm³/mol. The number of benzene rings is 2. The van der Waals surface area contributed by atoms with Crippen molar-refractivity contribution in [3.05, 3.63) is 82.8 Å². The Morgan fingerprint density at radius 3 is 2.29 bits per heavy atom. The second kappa shape index (κ2) is 8.76. The van der Waals surface area contributed by atoms with Crippen LogP contribution in [0.15, 0.2) is 87.1 Å². The van der Waals surface area contributed by atoms with E-state index in [0.717, 1.165) is 0 Å². The summed E-state index contributed by atoms with van der Waals surface area (Å²) >= 11 is 0. The van der Waals surface area contributed by atoms with Crippen LogP contribution in [-0.2, 0) is 24.2 Å². The summed E-state index contributed by atoms with van der Waals surface area (Å²) in [6, 6.07) is 14.4. The molecule has 2 aromatic carbocycles. The molecule has 4 rings (SSSR count). The number of ketones is 1. The Morgan fingerprint density at radius 2 is 1.68 bits per heavy atom. The standard InChI is InChI=1S/C26H28N2O5S/c1-4-33-25(30)23-21(22-19(28-24(23)27)14-26(2,3)15-20(22)29)16-10-12-18(13-11-16)34(31,32)17-8-6-5-7-9-17/h5-13,21,28H,4,14-15,27H2,1-3H3. The largest absolute Gasteiger partial charge is 0.463 e. The van der Waals surface area contributed by atoms with E-state index in [1.165, 1.54) is 24.3 Å². The van der Waals surface area contributed by atoms with Crippen LogP contribution in [0.1, 0.15) is 45.1 Å². The number of allylic oxidation sites excluding steroid dienone is 2. The number of rotatable bonds is 5. The molecule has 0 aromatic heterocycles. The third-order valence-electron chi connectivity index (χ3n) is 6.15. The van der Waals surface area contributed by atoms with Crippen LogP contribution in [0.2, 0.25) is 0 Å². The number of dihydropyridines is 1. The lowest BCUT2D eigenvalue weighted by Crippen LogP contribution is -2.41. The van der Waals surface area contributed by atoms with Gasteiger partial charge in [0.1, 0.15) is 5.82 Å². The summed E-state index contributed by atoms with van der Waals surface area (Å²) in [6.07, 6.45) is 0.933. The Bertz CT molecular complexity index is 1310. The van der Waals surface area contributed by atoms with Gasteiger partial charge in [-0.25, -0.2) is 13.2 Å². The zero-order chi connectivity index (χ0) is 24.7. The van der Waals surface area contributed by atoms with Gasteiger partial charge >= 0.3 is 5.97 Å². The number of ether oxygens (including phenoxy) is 1. The SMILES string of the molecule is CCOC(=O)C1=C(N)NC2=C(C(=O)CC(C)(C)C2)C1c1ccc(S(=O)(=O)c2ccccc2)cc1. The fourth-order valence-electron chi connectivity index (χ4n) is 4.66. The molecule has 34 heavy (non-hydrogen) atoms. The fourth-order valence-corrected chi connectivity index (χ4v) is 5.94. The summed E-state index contributed by atoms with van der Waals surface area (Å²) in [5.41, 5.74) is 7.96. The minimum Gasteiger partial charge on any atom is -0.463 e. The van der Waals surface area contributed by atoms with Crippen LogP contribution in [0.5, 0.6) is 0 Å². The predicted octanol–water partition coefficient (Wildman–Crippen LogP) is 3.58. The fraction of sp³-hybridized carbons (Fsp3) is 0.308. The Hall–Kier alpha value is -3.39. The summed E-state index contributed by atoms with van der Waals surface area (Å²) in [4.78, 5) is 26.5. The molecule has 0 spiro atoms. The molecule has 0 radical (unpaired) electrons. The number of nitrogens with two attached hydrogens (primary N) is 1. The lowest BCUT2D eigenvalue weighted by atomic mass is 9.69. The van der Waals surface area contributed by atoms with Crippen molar-refractivity contribution in [2.75, 3.05) is 6.61 Å². The van der Waals surface area contributed by atoms with E-state index in [9.17, 15) is 18.0 Å². The van der Waals surface area contributed by atoms with E-state index in [1.807, 2.05) is 13.8 Å². The summed E-state index contributed by atoms with van der Waals surface area (Å²) in [6.45, 7) is 5.87. The number of carbonyl (C=O) groups is 2. The van der Waals surface area contributed by atoms with Gasteiger partial charge in [0.15, 0.2) is 5.78 Å². The number of esters is 1. The molecule has 1 atom stereocenters. The Balaban J connectivity index is 1.81. The summed E-state index contributed by atoms with van der Waals surface area (Å²) in [7, 11) is -3.70. The molecule has 7 nitrogen and oxygen atoms in total. The van der Waals surface area contributed by atoms with Crippen LogP contribution in [0, 0.1) is 5.41 Å². The quantitative estimate of drug-likeness (QED) is 0.629. The molecule has 2 aliphatic rings. The molecule has 1 aliphatic heterocycles. The molecule has 1 unspecified atom stereocenters. The number of Topliss-reactive ketones (excluding diaryl/α,β-unsaturated/α-hetero) is 1. The maximum Gasteiger partial charge on any atom is 0.338 e. The topological polar surface area (TPSA) is 116 Å². The van der Waals surface area contributed by atoms with Crippen molar-refractivity contribution in [3.8, 4) is 0 Å². The molecule has 0 saturated carbocycles. The van der Waals surface area contributed by atoms with E-state index in [1.54, 1.807) is 37.3 Å². The van der Waals surface area contributed by atoms with Crippen LogP contribution in [0.25, 0.3) is 0 Å². The van der Waals surface area contributed by atoms with Crippen LogP contribution in [0.4, 0.5) is 0 Å². The van der Waals surface area contributed by atoms with Gasteiger partial charge in [0.25, 0.3) is 0 Å². The van der Waals surface area contributed by atoms with E-state index >= 15 is 0 Å². The number of nitrogens with one attached hydrogen (secondary N) is 1. The molecule has 0 saturated heterocycles. The lowest BCUT2D eigenvalue weighted by Gasteiger charge is -2.39. The minimum atomic E-state index is -3.70. The van der Waals surface area contributed by atoms with Crippen molar-refractivity contribution in [1.29, 1.82) is 0 Å². The molecule has 0 fully saturated rings. The van der Waals surface area contributed by atoms with E-state index < -0.39 is 21.7 Å². The monoisotopic (exact) mass is 480 g/mol. The Labute approximate surface area is 199 Å². The molecule has 3 N–H and O–H groups in total. The third-order valence-corrected chi connectivity index (χ3v) is 7.93. The van der Waals surface area contributed by atoms with Gasteiger partial charge < -0.3 is 15.8 Å². The Morgan fingerprint density at radius 1 is 1.06 bits per heavy atom. The number of hydrogen-bond acceptors (Lipinski definition) is 7. The van der Waals surface area contributed by atoms with Crippen LogP contribution in [-0.4, -0.2) is 26.8 Å². The highest BCUT2D eigenvalue weighted by molar-refractivity contribution is 7.91. The van der Waals surface area contributed by atoms with Gasteiger partial charge in [-0.05, 0) is 48.6 Å². The van der Waals surface area contributed by atoms with Crippen LogP contribution in [0.3, 0.4) is 0 Å². The van der Waals surface area contributed by atoms with Crippen molar-refractivity contribution in [3.63, 3.8) is 0 Å². The van der Waals surface area contributed by atoms with Crippen molar-refractivity contribution in [2.24, 2.45) is 11.1 Å². The average molecular weight is 481 g/mol. The van der Waals surface area contributed by atoms with Crippen molar-refractivity contribution < 1.29 is 22.7 Å². The van der Waals surface area contributed by atoms with Gasteiger partial charge in [0, 0.05) is 17.7 Å². The second-order valence-corrected chi connectivity index (χ2v) is 11.3. The third kappa shape index (κ3) is 4.25. The highest BCUT2D eigenvalue weighted by atomic mass is 32.2. The van der Waals surface area contributed by atoms with Gasteiger partial charge in [-0.1, -0.05) is 44.2 Å². The average Bonchev–Trinajstić information content (AvgIpc) is 2.78. The van der Waals surface area contributed by atoms with Gasteiger partial charge in [-0.3, -0.25) is 4.79 Å². The van der Waals surface area contributed by atoms with Crippen molar-refractivity contribution >= 4 is 21.6 Å². The van der Waals surface area contributed by atoms with Crippen molar-refractivity contribution in [1.82, 2.24) is 5.32 Å². The first-order valence-corrected chi connectivity index (χ1v) is 12.6. The van der Waals surface area contributed by atoms with E-state index in [-0.39, 0.29) is 39.0 Å². The Kier molecular flexibility index (Phi) is 6.12. The summed E-state index contributed by atoms with van der Waals surface area (Å²) in [5, 5.41) is 3.07. The number of carbonyl (C=O) groups excluding carboxylic acids is 2. The first-order valence-electron chi connectivity index (χ1n) is 11.2. The van der Waals surface area contributed by atoms with Crippen LogP contribution >= 0.6 is 0 Å². The lowest BCUT2D eigenvalue weighted by molar-refractivity contribution is -0.138. The molecular formula is C26H28N2O5S. The molecule has 178 valence electrons. The van der Waals surface area contributed by atoms with Gasteiger partial charge in [0.05, 0.1) is 27.9 Å². The first-order chi connectivity index (χ1) is 16.0. The molecule has 1 heterocycles. The summed E-state index contributed by atoms with van der Waals surface area (Å²) in [5.74, 6) is -1.28. The van der Waals surface area contributed by atoms with E-state index in [0.29, 0.717) is 29.7 Å².